The van der Waals surface area contributed by atoms with Gasteiger partial charge in [-0.1, -0.05) is 30.3 Å². The van der Waals surface area contributed by atoms with Gasteiger partial charge in [0.2, 0.25) is 0 Å². The number of hydrogen-bond acceptors (Lipinski definition) is 8. The number of ketones is 1. The van der Waals surface area contributed by atoms with Crippen molar-refractivity contribution >= 4 is 29.1 Å². The third kappa shape index (κ3) is 5.78. The van der Waals surface area contributed by atoms with Crippen LogP contribution in [-0.2, 0) is 9.78 Å². The Morgan fingerprint density at radius 3 is 1.91 bits per heavy atom. The van der Waals surface area contributed by atoms with E-state index in [4.69, 9.17) is 14.5 Å². The van der Waals surface area contributed by atoms with Crippen LogP contribution < -0.4 is 14.5 Å². The minimum absolute atomic E-state index is 0.0284. The molecule has 0 unspecified atom stereocenters. The van der Waals surface area contributed by atoms with Crippen molar-refractivity contribution in [3.8, 4) is 5.75 Å². The van der Waals surface area contributed by atoms with Crippen LogP contribution in [0.3, 0.4) is 0 Å². The molecular formula is C27H28N2O6. The molecule has 0 atom stereocenters. The molecule has 3 rings (SSSR count). The highest BCUT2D eigenvalue weighted by Gasteiger charge is 2.28. The van der Waals surface area contributed by atoms with E-state index >= 15 is 0 Å². The molecule has 0 spiro atoms. The highest BCUT2D eigenvalue weighted by molar-refractivity contribution is 6.17. The van der Waals surface area contributed by atoms with Gasteiger partial charge < -0.3 is 14.5 Å². The first-order valence-electron chi connectivity index (χ1n) is 11.0. The Hall–Kier alpha value is -4.33. The molecule has 0 N–H and O–H groups in total. The average molecular weight is 477 g/mol. The summed E-state index contributed by atoms with van der Waals surface area (Å²) in [5.74, 6) is -2.01. The Balaban J connectivity index is 1.93. The Kier molecular flexibility index (Phi) is 8.09. The van der Waals surface area contributed by atoms with E-state index in [0.29, 0.717) is 11.3 Å². The number of hydrogen-bond donors (Lipinski definition) is 0. The maximum absolute atomic E-state index is 13.5. The van der Waals surface area contributed by atoms with E-state index in [-0.39, 0.29) is 29.0 Å². The van der Waals surface area contributed by atoms with Gasteiger partial charge in [-0.3, -0.25) is 4.79 Å². The van der Waals surface area contributed by atoms with Crippen molar-refractivity contribution in [2.75, 3.05) is 44.6 Å². The van der Waals surface area contributed by atoms with E-state index in [9.17, 15) is 14.4 Å². The van der Waals surface area contributed by atoms with Crippen molar-refractivity contribution in [3.63, 3.8) is 0 Å². The monoisotopic (exact) mass is 476 g/mol. The summed E-state index contributed by atoms with van der Waals surface area (Å²) in [4.78, 5) is 52.2. The molecule has 0 saturated heterocycles. The van der Waals surface area contributed by atoms with Crippen molar-refractivity contribution in [3.05, 3.63) is 89.0 Å². The molecule has 0 fully saturated rings. The summed E-state index contributed by atoms with van der Waals surface area (Å²) in [5.41, 5.74) is 2.04. The summed E-state index contributed by atoms with van der Waals surface area (Å²) >= 11 is 0. The number of benzene rings is 3. The number of ether oxygens (including phenoxy) is 1. The zero-order valence-corrected chi connectivity index (χ0v) is 20.4. The Morgan fingerprint density at radius 1 is 0.714 bits per heavy atom. The van der Waals surface area contributed by atoms with Gasteiger partial charge in [-0.2, -0.15) is 0 Å². The molecule has 8 heteroatoms. The van der Waals surface area contributed by atoms with E-state index in [1.807, 2.05) is 19.0 Å². The van der Waals surface area contributed by atoms with Crippen molar-refractivity contribution in [1.82, 2.24) is 0 Å². The zero-order chi connectivity index (χ0) is 25.5. The van der Waals surface area contributed by atoms with E-state index < -0.39 is 17.7 Å². The molecule has 0 saturated carbocycles. The second-order valence-corrected chi connectivity index (χ2v) is 8.04. The van der Waals surface area contributed by atoms with Crippen molar-refractivity contribution in [2.45, 2.75) is 6.92 Å². The lowest BCUT2D eigenvalue weighted by atomic mass is 9.96. The SMILES string of the molecule is CCOc1c(N(C)C)ccc(C(=O)OOC(=O)c2ccc(N(C)C)cc2)c1C(=O)c1ccccc1. The molecular weight excluding hydrogens is 448 g/mol. The maximum atomic E-state index is 13.5. The first-order chi connectivity index (χ1) is 16.7. The standard InChI is InChI=1S/C27H28N2O6/c1-6-33-25-22(29(4)5)17-16-21(23(25)24(30)18-10-8-7-9-11-18)27(32)35-34-26(31)19-12-14-20(15-13-19)28(2)3/h7-17H,6H2,1-5H3. The molecule has 0 radical (unpaired) electrons. The van der Waals surface area contributed by atoms with E-state index in [0.717, 1.165) is 5.69 Å². The molecule has 3 aromatic rings. The molecule has 3 aromatic carbocycles. The lowest BCUT2D eigenvalue weighted by molar-refractivity contribution is -0.187. The fourth-order valence-electron chi connectivity index (χ4n) is 3.41. The van der Waals surface area contributed by atoms with E-state index in [2.05, 4.69) is 0 Å². The van der Waals surface area contributed by atoms with Crippen LogP contribution >= 0.6 is 0 Å². The minimum Gasteiger partial charge on any atom is -0.491 e. The molecule has 0 aliphatic heterocycles. The van der Waals surface area contributed by atoms with Crippen LogP contribution in [0.5, 0.6) is 5.75 Å². The molecule has 0 aliphatic carbocycles. The fraction of sp³-hybridized carbons (Fsp3) is 0.222. The van der Waals surface area contributed by atoms with E-state index in [1.54, 1.807) is 86.6 Å². The van der Waals surface area contributed by atoms with Gasteiger partial charge in [-0.15, -0.1) is 0 Å². The smallest absolute Gasteiger partial charge is 0.387 e. The minimum atomic E-state index is -0.992. The maximum Gasteiger partial charge on any atom is 0.387 e. The summed E-state index contributed by atoms with van der Waals surface area (Å²) in [6.45, 7) is 2.05. The van der Waals surface area contributed by atoms with Crippen molar-refractivity contribution in [1.29, 1.82) is 0 Å². The third-order valence-corrected chi connectivity index (χ3v) is 5.20. The Bertz CT molecular complexity index is 1200. The zero-order valence-electron chi connectivity index (χ0n) is 20.4. The second-order valence-electron chi connectivity index (χ2n) is 8.04. The van der Waals surface area contributed by atoms with Gasteiger partial charge in [-0.25, -0.2) is 19.4 Å². The molecule has 0 aromatic heterocycles. The van der Waals surface area contributed by atoms with Gasteiger partial charge >= 0.3 is 11.9 Å². The summed E-state index contributed by atoms with van der Waals surface area (Å²) in [6, 6.07) is 18.2. The molecule has 0 amide bonds. The van der Waals surface area contributed by atoms with E-state index in [1.165, 1.54) is 6.07 Å². The Morgan fingerprint density at radius 2 is 1.34 bits per heavy atom. The second kappa shape index (κ2) is 11.2. The van der Waals surface area contributed by atoms with Crippen LogP contribution in [0.4, 0.5) is 11.4 Å². The quantitative estimate of drug-likeness (QED) is 0.269. The summed E-state index contributed by atoms with van der Waals surface area (Å²) in [7, 11) is 7.36. The molecule has 0 heterocycles. The van der Waals surface area contributed by atoms with Gasteiger partial charge in [-0.05, 0) is 43.3 Å². The largest absolute Gasteiger partial charge is 0.491 e. The van der Waals surface area contributed by atoms with Gasteiger partial charge in [0.15, 0.2) is 11.5 Å². The highest BCUT2D eigenvalue weighted by atomic mass is 17.2. The van der Waals surface area contributed by atoms with Crippen LogP contribution in [0.2, 0.25) is 0 Å². The number of carbonyl (C=O) groups is 3. The average Bonchev–Trinajstić information content (AvgIpc) is 2.87. The lowest BCUT2D eigenvalue weighted by Crippen LogP contribution is -2.19. The third-order valence-electron chi connectivity index (χ3n) is 5.20. The molecule has 35 heavy (non-hydrogen) atoms. The van der Waals surface area contributed by atoms with Gasteiger partial charge in [0.1, 0.15) is 0 Å². The summed E-state index contributed by atoms with van der Waals surface area (Å²) in [6.07, 6.45) is 0. The fourth-order valence-corrected chi connectivity index (χ4v) is 3.41. The summed E-state index contributed by atoms with van der Waals surface area (Å²) < 4.78 is 5.81. The summed E-state index contributed by atoms with van der Waals surface area (Å²) in [5, 5.41) is 0. The highest BCUT2D eigenvalue weighted by Crippen LogP contribution is 2.36. The molecule has 0 aliphatic rings. The van der Waals surface area contributed by atoms with Crippen molar-refractivity contribution in [2.24, 2.45) is 0 Å². The Labute approximate surface area is 204 Å². The predicted octanol–water partition coefficient (Wildman–Crippen LogP) is 4.38. The predicted molar refractivity (Wildman–Crippen MR) is 133 cm³/mol. The van der Waals surface area contributed by atoms with Gasteiger partial charge in [0, 0.05) is 39.4 Å². The van der Waals surface area contributed by atoms with Gasteiger partial charge in [0.25, 0.3) is 0 Å². The first-order valence-corrected chi connectivity index (χ1v) is 11.0. The number of rotatable bonds is 8. The lowest BCUT2D eigenvalue weighted by Gasteiger charge is -2.21. The number of nitrogens with zero attached hydrogens (tertiary/aromatic N) is 2. The first kappa shape index (κ1) is 25.3. The topological polar surface area (TPSA) is 85.4 Å². The van der Waals surface area contributed by atoms with Crippen molar-refractivity contribution < 1.29 is 28.9 Å². The molecule has 182 valence electrons. The normalized spacial score (nSPS) is 10.3. The van der Waals surface area contributed by atoms with Crippen LogP contribution in [0.1, 0.15) is 43.6 Å². The van der Waals surface area contributed by atoms with Crippen LogP contribution in [0, 0.1) is 0 Å². The van der Waals surface area contributed by atoms with Crippen LogP contribution in [0.15, 0.2) is 66.7 Å². The number of anilines is 2. The van der Waals surface area contributed by atoms with Gasteiger partial charge in [0.05, 0.1) is 29.0 Å². The van der Waals surface area contributed by atoms with Crippen LogP contribution in [0.25, 0.3) is 0 Å². The molecule has 8 nitrogen and oxygen atoms in total. The van der Waals surface area contributed by atoms with Crippen LogP contribution in [-0.4, -0.2) is 52.5 Å². The number of carbonyl (C=O) groups excluding carboxylic acids is 3. The molecule has 0 bridgehead atoms.